The van der Waals surface area contributed by atoms with Crippen LogP contribution < -0.4 is 9.47 Å². The van der Waals surface area contributed by atoms with E-state index in [0.29, 0.717) is 5.92 Å². The minimum Gasteiger partial charge on any atom is -0.497 e. The predicted molar refractivity (Wildman–Crippen MR) is 75.9 cm³/mol. The maximum Gasteiger partial charge on any atom is 0.122 e. The van der Waals surface area contributed by atoms with Gasteiger partial charge in [0.05, 0.1) is 20.3 Å². The molecule has 2 rings (SSSR count). The molecule has 1 N–H and O–H groups in total. The van der Waals surface area contributed by atoms with Gasteiger partial charge in [0.25, 0.3) is 0 Å². The summed E-state index contributed by atoms with van der Waals surface area (Å²) in [6, 6.07) is 5.92. The number of ether oxygens (including phenoxy) is 2. The van der Waals surface area contributed by atoms with E-state index < -0.39 is 0 Å². The summed E-state index contributed by atoms with van der Waals surface area (Å²) in [4.78, 5) is 0. The van der Waals surface area contributed by atoms with E-state index in [-0.39, 0.29) is 11.5 Å². The van der Waals surface area contributed by atoms with E-state index in [1.807, 2.05) is 12.1 Å². The van der Waals surface area contributed by atoms with Gasteiger partial charge in [0.15, 0.2) is 0 Å². The van der Waals surface area contributed by atoms with Gasteiger partial charge in [0, 0.05) is 11.0 Å². The van der Waals surface area contributed by atoms with E-state index in [0.717, 1.165) is 36.3 Å². The van der Waals surface area contributed by atoms with Crippen molar-refractivity contribution in [3.63, 3.8) is 0 Å². The average molecular weight is 264 g/mol. The summed E-state index contributed by atoms with van der Waals surface area (Å²) in [6.45, 7) is 4.32. The van der Waals surface area contributed by atoms with Crippen LogP contribution in [0.1, 0.15) is 44.6 Å². The largest absolute Gasteiger partial charge is 0.497 e. The lowest BCUT2D eigenvalue weighted by molar-refractivity contribution is -0.0937. The van der Waals surface area contributed by atoms with E-state index in [1.165, 1.54) is 0 Å². The summed E-state index contributed by atoms with van der Waals surface area (Å²) in [5, 5.41) is 10.2. The zero-order chi connectivity index (χ0) is 14.0. The van der Waals surface area contributed by atoms with Crippen molar-refractivity contribution in [3.8, 4) is 11.5 Å². The molecule has 0 saturated heterocycles. The predicted octanol–water partition coefficient (Wildman–Crippen LogP) is 3.36. The number of aliphatic hydroxyl groups excluding tert-OH is 1. The Morgan fingerprint density at radius 1 is 1.21 bits per heavy atom. The Balaban J connectivity index is 2.41. The van der Waals surface area contributed by atoms with Crippen molar-refractivity contribution in [2.24, 2.45) is 5.41 Å². The molecule has 1 saturated carbocycles. The number of aliphatic hydroxyl groups is 1. The number of rotatable bonds is 5. The van der Waals surface area contributed by atoms with Crippen LogP contribution in [-0.2, 0) is 0 Å². The van der Waals surface area contributed by atoms with Gasteiger partial charge < -0.3 is 14.6 Å². The molecule has 2 unspecified atom stereocenters. The highest BCUT2D eigenvalue weighted by atomic mass is 16.5. The lowest BCUT2D eigenvalue weighted by atomic mass is 9.53. The van der Waals surface area contributed by atoms with Crippen molar-refractivity contribution < 1.29 is 14.6 Å². The van der Waals surface area contributed by atoms with Crippen LogP contribution in [-0.4, -0.2) is 25.4 Å². The lowest BCUT2D eigenvalue weighted by Crippen LogP contribution is -2.51. The quantitative estimate of drug-likeness (QED) is 0.886. The number of hydrogen-bond donors (Lipinski definition) is 1. The van der Waals surface area contributed by atoms with Gasteiger partial charge in [0.2, 0.25) is 0 Å². The maximum atomic E-state index is 10.2. The van der Waals surface area contributed by atoms with Crippen LogP contribution in [0.2, 0.25) is 0 Å². The molecule has 1 aliphatic rings. The molecule has 1 aromatic rings. The Labute approximate surface area is 115 Å². The van der Waals surface area contributed by atoms with E-state index in [9.17, 15) is 5.11 Å². The van der Waals surface area contributed by atoms with Crippen molar-refractivity contribution in [1.29, 1.82) is 0 Å². The van der Waals surface area contributed by atoms with Gasteiger partial charge in [-0.2, -0.15) is 0 Å². The Kier molecular flexibility index (Phi) is 4.04. The highest BCUT2D eigenvalue weighted by Crippen LogP contribution is 2.59. The molecule has 1 fully saturated rings. The van der Waals surface area contributed by atoms with E-state index >= 15 is 0 Å². The van der Waals surface area contributed by atoms with Gasteiger partial charge in [-0.15, -0.1) is 0 Å². The molecule has 0 aromatic heterocycles. The molecule has 0 bridgehead atoms. The highest BCUT2D eigenvalue weighted by molar-refractivity contribution is 5.45. The number of benzene rings is 1. The normalized spacial score (nSPS) is 24.7. The molecule has 0 aliphatic heterocycles. The summed E-state index contributed by atoms with van der Waals surface area (Å²) in [7, 11) is 3.37. The van der Waals surface area contributed by atoms with Crippen LogP contribution >= 0.6 is 0 Å². The third kappa shape index (κ3) is 2.10. The fourth-order valence-corrected chi connectivity index (χ4v) is 3.53. The number of hydrogen-bond acceptors (Lipinski definition) is 3. The third-order valence-corrected chi connectivity index (χ3v) is 4.95. The second-order valence-electron chi connectivity index (χ2n) is 5.35. The first kappa shape index (κ1) is 14.2. The minimum absolute atomic E-state index is 0.0142. The molecule has 1 aromatic carbocycles. The fourth-order valence-electron chi connectivity index (χ4n) is 3.53. The molecule has 3 heteroatoms. The molecule has 106 valence electrons. The van der Waals surface area contributed by atoms with Crippen molar-refractivity contribution >= 4 is 0 Å². The molecule has 0 heterocycles. The van der Waals surface area contributed by atoms with Crippen LogP contribution in [0.3, 0.4) is 0 Å². The zero-order valence-electron chi connectivity index (χ0n) is 12.3. The standard InChI is InChI=1S/C16H24O3/c1-5-16(6-2)13(10-15(16)17)12-9-11(18-3)7-8-14(12)19-4/h7-9,13,15,17H,5-6,10H2,1-4H3. The first-order valence-electron chi connectivity index (χ1n) is 7.02. The first-order chi connectivity index (χ1) is 9.12. The van der Waals surface area contributed by atoms with Crippen LogP contribution in [0.25, 0.3) is 0 Å². The van der Waals surface area contributed by atoms with Gasteiger partial charge in [-0.25, -0.2) is 0 Å². The SMILES string of the molecule is CCC1(CC)C(O)CC1c1cc(OC)ccc1OC. The topological polar surface area (TPSA) is 38.7 Å². The maximum absolute atomic E-state index is 10.2. The van der Waals surface area contributed by atoms with Crippen LogP contribution in [0.4, 0.5) is 0 Å². The molecule has 1 aliphatic carbocycles. The molecular weight excluding hydrogens is 240 g/mol. The summed E-state index contributed by atoms with van der Waals surface area (Å²) in [5.41, 5.74) is 1.15. The lowest BCUT2D eigenvalue weighted by Gasteiger charge is -2.54. The van der Waals surface area contributed by atoms with Crippen molar-refractivity contribution in [2.45, 2.75) is 45.1 Å². The van der Waals surface area contributed by atoms with E-state index in [2.05, 4.69) is 19.9 Å². The monoisotopic (exact) mass is 264 g/mol. The summed E-state index contributed by atoms with van der Waals surface area (Å²) >= 11 is 0. The van der Waals surface area contributed by atoms with Crippen molar-refractivity contribution in [1.82, 2.24) is 0 Å². The highest BCUT2D eigenvalue weighted by Gasteiger charge is 2.53. The van der Waals surface area contributed by atoms with Gasteiger partial charge in [-0.3, -0.25) is 0 Å². The van der Waals surface area contributed by atoms with Crippen LogP contribution in [0.5, 0.6) is 11.5 Å². The van der Waals surface area contributed by atoms with E-state index in [4.69, 9.17) is 9.47 Å². The summed E-state index contributed by atoms with van der Waals surface area (Å²) in [6.07, 6.45) is 2.57. The average Bonchev–Trinajstić information content (AvgIpc) is 2.45. The second kappa shape index (κ2) is 5.41. The second-order valence-corrected chi connectivity index (χ2v) is 5.35. The zero-order valence-corrected chi connectivity index (χ0v) is 12.3. The molecule has 0 radical (unpaired) electrons. The first-order valence-corrected chi connectivity index (χ1v) is 7.02. The number of methoxy groups -OCH3 is 2. The van der Waals surface area contributed by atoms with Crippen molar-refractivity contribution in [3.05, 3.63) is 23.8 Å². The van der Waals surface area contributed by atoms with Gasteiger partial charge in [0.1, 0.15) is 11.5 Å². The van der Waals surface area contributed by atoms with Crippen molar-refractivity contribution in [2.75, 3.05) is 14.2 Å². The Hall–Kier alpha value is -1.22. The van der Waals surface area contributed by atoms with Gasteiger partial charge in [-0.1, -0.05) is 13.8 Å². The fraction of sp³-hybridized carbons (Fsp3) is 0.625. The molecular formula is C16H24O3. The van der Waals surface area contributed by atoms with Crippen LogP contribution in [0.15, 0.2) is 18.2 Å². The Morgan fingerprint density at radius 2 is 1.89 bits per heavy atom. The molecule has 19 heavy (non-hydrogen) atoms. The van der Waals surface area contributed by atoms with E-state index in [1.54, 1.807) is 14.2 Å². The summed E-state index contributed by atoms with van der Waals surface area (Å²) < 4.78 is 10.8. The Bertz CT molecular complexity index is 438. The molecule has 0 spiro atoms. The molecule has 2 atom stereocenters. The smallest absolute Gasteiger partial charge is 0.122 e. The Morgan fingerprint density at radius 3 is 2.37 bits per heavy atom. The van der Waals surface area contributed by atoms with Crippen LogP contribution in [0, 0.1) is 5.41 Å². The third-order valence-electron chi connectivity index (χ3n) is 4.95. The van der Waals surface area contributed by atoms with Gasteiger partial charge in [-0.05, 0) is 43.4 Å². The minimum atomic E-state index is -0.205. The molecule has 3 nitrogen and oxygen atoms in total. The molecule has 0 amide bonds. The van der Waals surface area contributed by atoms with Gasteiger partial charge >= 0.3 is 0 Å². The summed E-state index contributed by atoms with van der Waals surface area (Å²) in [5.74, 6) is 2.09.